The van der Waals surface area contributed by atoms with Crippen molar-refractivity contribution < 1.29 is 4.79 Å². The zero-order valence-electron chi connectivity index (χ0n) is 10.4. The third-order valence-corrected chi connectivity index (χ3v) is 2.91. The van der Waals surface area contributed by atoms with Crippen molar-refractivity contribution in [1.82, 2.24) is 10.6 Å². The van der Waals surface area contributed by atoms with Crippen LogP contribution in [0.3, 0.4) is 0 Å². The Hall–Kier alpha value is -0.640. The first-order valence-corrected chi connectivity index (χ1v) is 6.42. The molecular formula is C12H22N2OS. The van der Waals surface area contributed by atoms with Crippen LogP contribution in [0.4, 0.5) is 0 Å². The Morgan fingerprint density at radius 3 is 2.25 bits per heavy atom. The summed E-state index contributed by atoms with van der Waals surface area (Å²) >= 11 is 5.10. The van der Waals surface area contributed by atoms with Gasteiger partial charge in [0.25, 0.3) is 0 Å². The predicted molar refractivity (Wildman–Crippen MR) is 70.2 cm³/mol. The van der Waals surface area contributed by atoms with E-state index in [9.17, 15) is 4.79 Å². The van der Waals surface area contributed by atoms with E-state index in [2.05, 4.69) is 10.6 Å². The molecule has 92 valence electrons. The lowest BCUT2D eigenvalue weighted by Gasteiger charge is -2.25. The van der Waals surface area contributed by atoms with Crippen LogP contribution in [0.1, 0.15) is 52.9 Å². The molecule has 3 nitrogen and oxygen atoms in total. The monoisotopic (exact) mass is 242 g/mol. The minimum atomic E-state index is -0.100. The van der Waals surface area contributed by atoms with Crippen molar-refractivity contribution in [3.63, 3.8) is 0 Å². The highest BCUT2D eigenvalue weighted by molar-refractivity contribution is 7.80. The number of thiocarbonyl (C=S) groups is 1. The Labute approximate surface area is 103 Å². The number of hydrogen-bond donors (Lipinski definition) is 2. The quantitative estimate of drug-likeness (QED) is 0.694. The maximum Gasteiger partial charge on any atom is 0.229 e. The van der Waals surface area contributed by atoms with Crippen LogP contribution < -0.4 is 10.6 Å². The van der Waals surface area contributed by atoms with Gasteiger partial charge < -0.3 is 10.6 Å². The molecule has 2 N–H and O–H groups in total. The van der Waals surface area contributed by atoms with Gasteiger partial charge in [-0.25, -0.2) is 0 Å². The number of carbonyl (C=O) groups is 1. The van der Waals surface area contributed by atoms with Crippen molar-refractivity contribution in [2.75, 3.05) is 0 Å². The van der Waals surface area contributed by atoms with E-state index in [-0.39, 0.29) is 17.4 Å². The molecule has 0 atom stereocenters. The Balaban J connectivity index is 2.35. The molecule has 0 heterocycles. The molecule has 1 fully saturated rings. The molecule has 1 rings (SSSR count). The van der Waals surface area contributed by atoms with Crippen LogP contribution >= 0.6 is 12.2 Å². The van der Waals surface area contributed by atoms with Crippen molar-refractivity contribution in [1.29, 1.82) is 0 Å². The van der Waals surface area contributed by atoms with Crippen molar-refractivity contribution in [3.05, 3.63) is 0 Å². The Morgan fingerprint density at radius 1 is 1.19 bits per heavy atom. The summed E-state index contributed by atoms with van der Waals surface area (Å²) in [6.45, 7) is 6.06. The Bertz CT molecular complexity index is 265. The van der Waals surface area contributed by atoms with Gasteiger partial charge in [-0.2, -0.15) is 0 Å². The normalized spacial score (nSPS) is 17.9. The third kappa shape index (κ3) is 4.92. The van der Waals surface area contributed by atoms with E-state index in [0.717, 1.165) is 25.7 Å². The molecular weight excluding hydrogens is 220 g/mol. The molecule has 1 aliphatic carbocycles. The molecule has 1 aliphatic rings. The van der Waals surface area contributed by atoms with Crippen LogP contribution in [0.15, 0.2) is 0 Å². The van der Waals surface area contributed by atoms with Gasteiger partial charge in [-0.15, -0.1) is 0 Å². The summed E-state index contributed by atoms with van der Waals surface area (Å²) in [5, 5.41) is 6.32. The fourth-order valence-electron chi connectivity index (χ4n) is 1.95. The number of hydrogen-bond acceptors (Lipinski definition) is 2. The molecule has 0 aliphatic heterocycles. The number of rotatable bonds is 1. The van der Waals surface area contributed by atoms with Crippen LogP contribution in [0.25, 0.3) is 0 Å². The van der Waals surface area contributed by atoms with Gasteiger partial charge in [-0.05, 0) is 45.8 Å². The number of carbonyl (C=O) groups excluding carboxylic acids is 1. The molecule has 0 aromatic rings. The summed E-state index contributed by atoms with van der Waals surface area (Å²) in [6.07, 6.45) is 5.59. The summed E-state index contributed by atoms with van der Waals surface area (Å²) in [5.74, 6) is 0.245. The molecule has 1 saturated carbocycles. The van der Waals surface area contributed by atoms with Crippen LogP contribution in [0, 0.1) is 5.92 Å². The summed E-state index contributed by atoms with van der Waals surface area (Å²) in [5.41, 5.74) is -0.100. The highest BCUT2D eigenvalue weighted by Gasteiger charge is 2.22. The molecule has 4 heteroatoms. The third-order valence-electron chi connectivity index (χ3n) is 2.70. The van der Waals surface area contributed by atoms with Gasteiger partial charge in [0.15, 0.2) is 5.11 Å². The van der Waals surface area contributed by atoms with E-state index in [0.29, 0.717) is 5.11 Å². The van der Waals surface area contributed by atoms with Gasteiger partial charge in [-0.1, -0.05) is 19.3 Å². The first-order chi connectivity index (χ1) is 7.38. The topological polar surface area (TPSA) is 41.1 Å². The summed E-state index contributed by atoms with van der Waals surface area (Å²) < 4.78 is 0. The Morgan fingerprint density at radius 2 is 1.75 bits per heavy atom. The van der Waals surface area contributed by atoms with Gasteiger partial charge >= 0.3 is 0 Å². The molecule has 0 saturated heterocycles. The molecule has 0 unspecified atom stereocenters. The summed E-state index contributed by atoms with van der Waals surface area (Å²) in [7, 11) is 0. The van der Waals surface area contributed by atoms with E-state index < -0.39 is 0 Å². The average molecular weight is 242 g/mol. The maximum atomic E-state index is 11.9. The van der Waals surface area contributed by atoms with Gasteiger partial charge in [-0.3, -0.25) is 4.79 Å². The largest absolute Gasteiger partial charge is 0.358 e. The standard InChI is InChI=1S/C12H22N2OS/c1-12(2,3)14-11(16)13-10(15)9-7-5-4-6-8-9/h9H,4-8H2,1-3H3,(H2,13,14,15,16). The van der Waals surface area contributed by atoms with Gasteiger partial charge in [0.2, 0.25) is 5.91 Å². The van der Waals surface area contributed by atoms with E-state index in [4.69, 9.17) is 12.2 Å². The average Bonchev–Trinajstić information content (AvgIpc) is 2.16. The van der Waals surface area contributed by atoms with Crippen LogP contribution in [0.5, 0.6) is 0 Å². The lowest BCUT2D eigenvalue weighted by molar-refractivity contribution is -0.124. The smallest absolute Gasteiger partial charge is 0.229 e. The highest BCUT2D eigenvalue weighted by Crippen LogP contribution is 2.23. The maximum absolute atomic E-state index is 11.9. The lowest BCUT2D eigenvalue weighted by atomic mass is 9.89. The number of amides is 1. The summed E-state index contributed by atoms with van der Waals surface area (Å²) in [6, 6.07) is 0. The van der Waals surface area contributed by atoms with E-state index in [1.807, 2.05) is 20.8 Å². The molecule has 0 radical (unpaired) electrons. The van der Waals surface area contributed by atoms with Gasteiger partial charge in [0.05, 0.1) is 0 Å². The zero-order valence-corrected chi connectivity index (χ0v) is 11.2. The SMILES string of the molecule is CC(C)(C)NC(=S)NC(=O)C1CCCCC1. The van der Waals surface area contributed by atoms with Crippen molar-refractivity contribution >= 4 is 23.2 Å². The van der Waals surface area contributed by atoms with E-state index in [1.165, 1.54) is 6.42 Å². The van der Waals surface area contributed by atoms with Crippen LogP contribution in [-0.2, 0) is 4.79 Å². The molecule has 0 aromatic heterocycles. The molecule has 16 heavy (non-hydrogen) atoms. The summed E-state index contributed by atoms with van der Waals surface area (Å²) in [4.78, 5) is 11.9. The van der Waals surface area contributed by atoms with Gasteiger partial charge in [0, 0.05) is 11.5 Å². The highest BCUT2D eigenvalue weighted by atomic mass is 32.1. The fraction of sp³-hybridized carbons (Fsp3) is 0.833. The van der Waals surface area contributed by atoms with Crippen molar-refractivity contribution in [3.8, 4) is 0 Å². The second kappa shape index (κ2) is 5.62. The minimum Gasteiger partial charge on any atom is -0.358 e. The number of nitrogens with one attached hydrogen (secondary N) is 2. The predicted octanol–water partition coefficient (Wildman–Crippen LogP) is 2.36. The molecule has 1 amide bonds. The van der Waals surface area contributed by atoms with Crippen LogP contribution in [0.2, 0.25) is 0 Å². The van der Waals surface area contributed by atoms with Gasteiger partial charge in [0.1, 0.15) is 0 Å². The van der Waals surface area contributed by atoms with Crippen LogP contribution in [-0.4, -0.2) is 16.6 Å². The first-order valence-electron chi connectivity index (χ1n) is 6.01. The fourth-order valence-corrected chi connectivity index (χ4v) is 2.36. The second-order valence-corrected chi connectivity index (χ2v) is 5.94. The van der Waals surface area contributed by atoms with Crippen molar-refractivity contribution in [2.24, 2.45) is 5.92 Å². The second-order valence-electron chi connectivity index (χ2n) is 5.53. The first kappa shape index (κ1) is 13.4. The molecule has 0 aromatic carbocycles. The van der Waals surface area contributed by atoms with Crippen molar-refractivity contribution in [2.45, 2.75) is 58.4 Å². The van der Waals surface area contributed by atoms with E-state index in [1.54, 1.807) is 0 Å². The molecule has 0 bridgehead atoms. The zero-order chi connectivity index (χ0) is 12.2. The molecule has 0 spiro atoms. The van der Waals surface area contributed by atoms with E-state index >= 15 is 0 Å². The Kier molecular flexibility index (Phi) is 4.71. The minimum absolute atomic E-state index is 0.0847. The lowest BCUT2D eigenvalue weighted by Crippen LogP contribution is -2.49.